The molecule has 0 saturated carbocycles. The lowest BCUT2D eigenvalue weighted by Crippen LogP contribution is -2.31. The Hall–Kier alpha value is -3.28. The number of para-hydroxylation sites is 1. The summed E-state index contributed by atoms with van der Waals surface area (Å²) >= 11 is 0. The predicted octanol–water partition coefficient (Wildman–Crippen LogP) is 4.00. The fraction of sp³-hybridized carbons (Fsp3) is 0.200. The highest BCUT2D eigenvalue weighted by atomic mass is 16.5. The summed E-state index contributed by atoms with van der Waals surface area (Å²) in [5.41, 5.74) is 3.03. The van der Waals surface area contributed by atoms with Gasteiger partial charge in [0, 0.05) is 0 Å². The Bertz CT molecular complexity index is 1210. The van der Waals surface area contributed by atoms with E-state index in [1.165, 1.54) is 5.56 Å². The highest BCUT2D eigenvalue weighted by Gasteiger charge is 2.33. The van der Waals surface area contributed by atoms with Crippen LogP contribution in [-0.4, -0.2) is 16.2 Å². The Morgan fingerprint density at radius 1 is 0.867 bits per heavy atom. The van der Waals surface area contributed by atoms with Crippen molar-refractivity contribution < 1.29 is 4.74 Å². The number of benzene rings is 3. The van der Waals surface area contributed by atoms with Gasteiger partial charge >= 0.3 is 0 Å². The number of hydrogen-bond acceptors (Lipinski definition) is 4. The van der Waals surface area contributed by atoms with Crippen LogP contribution in [0.25, 0.3) is 10.9 Å². The lowest BCUT2D eigenvalue weighted by Gasteiger charge is -2.15. The maximum atomic E-state index is 13.3. The van der Waals surface area contributed by atoms with Crippen LogP contribution in [0.5, 0.6) is 0 Å². The Morgan fingerprint density at radius 3 is 2.30 bits per heavy atom. The zero-order chi connectivity index (χ0) is 20.3. The van der Waals surface area contributed by atoms with Crippen LogP contribution in [0.4, 0.5) is 0 Å². The quantitative estimate of drug-likeness (QED) is 0.534. The summed E-state index contributed by atoms with van der Waals surface area (Å²) in [7, 11) is 0. The third-order valence-corrected chi connectivity index (χ3v) is 5.52. The third-order valence-electron chi connectivity index (χ3n) is 5.52. The molecule has 0 saturated heterocycles. The Morgan fingerprint density at radius 2 is 1.53 bits per heavy atom. The van der Waals surface area contributed by atoms with Crippen molar-refractivity contribution in [3.63, 3.8) is 0 Å². The van der Waals surface area contributed by atoms with E-state index in [-0.39, 0.29) is 17.8 Å². The molecule has 1 aliphatic rings. The predicted molar refractivity (Wildman–Crippen MR) is 117 cm³/mol. The molecule has 0 fully saturated rings. The van der Waals surface area contributed by atoms with Gasteiger partial charge in [0.1, 0.15) is 12.0 Å². The van der Waals surface area contributed by atoms with E-state index in [9.17, 15) is 4.79 Å². The third kappa shape index (κ3) is 3.65. The van der Waals surface area contributed by atoms with Gasteiger partial charge in [-0.2, -0.15) is 0 Å². The SMILES string of the molecule is O=c1c2ccccc2nc2n1C(COCc1ccccc1)NC2Cc1ccccc1. The zero-order valence-corrected chi connectivity index (χ0v) is 16.6. The summed E-state index contributed by atoms with van der Waals surface area (Å²) in [5, 5.41) is 4.22. The van der Waals surface area contributed by atoms with Crippen LogP contribution in [0.2, 0.25) is 0 Å². The van der Waals surface area contributed by atoms with Gasteiger partial charge in [0.25, 0.3) is 5.56 Å². The van der Waals surface area contributed by atoms with Crippen LogP contribution in [0.15, 0.2) is 89.7 Å². The molecule has 2 unspecified atom stereocenters. The number of fused-ring (bicyclic) bond motifs is 2. The van der Waals surface area contributed by atoms with Crippen molar-refractivity contribution in [2.75, 3.05) is 6.61 Å². The standard InChI is InChI=1S/C25H23N3O2/c29-25-20-13-7-8-14-21(20)27-24-22(15-18-9-3-1-4-10-18)26-23(28(24)25)17-30-16-19-11-5-2-6-12-19/h1-14,22-23,26H,15-17H2. The summed E-state index contributed by atoms with van der Waals surface area (Å²) in [6, 6.07) is 27.8. The first-order valence-corrected chi connectivity index (χ1v) is 10.2. The van der Waals surface area contributed by atoms with Crippen LogP contribution in [0.1, 0.15) is 29.2 Å². The molecule has 30 heavy (non-hydrogen) atoms. The Labute approximate surface area is 175 Å². The second-order valence-corrected chi connectivity index (χ2v) is 7.59. The molecule has 0 radical (unpaired) electrons. The van der Waals surface area contributed by atoms with E-state index >= 15 is 0 Å². The summed E-state index contributed by atoms with van der Waals surface area (Å²) in [4.78, 5) is 18.1. The summed E-state index contributed by atoms with van der Waals surface area (Å²) < 4.78 is 7.75. The highest BCUT2D eigenvalue weighted by Crippen LogP contribution is 2.28. The van der Waals surface area contributed by atoms with Gasteiger partial charge in [-0.15, -0.1) is 0 Å². The van der Waals surface area contributed by atoms with Crippen molar-refractivity contribution in [2.24, 2.45) is 0 Å². The lowest BCUT2D eigenvalue weighted by atomic mass is 10.1. The second kappa shape index (κ2) is 8.22. The zero-order valence-electron chi connectivity index (χ0n) is 16.6. The lowest BCUT2D eigenvalue weighted by molar-refractivity contribution is 0.0824. The van der Waals surface area contributed by atoms with Crippen LogP contribution < -0.4 is 10.9 Å². The van der Waals surface area contributed by atoms with Gasteiger partial charge in [-0.1, -0.05) is 72.8 Å². The minimum atomic E-state index is -0.248. The molecule has 1 N–H and O–H groups in total. The van der Waals surface area contributed by atoms with E-state index in [1.54, 1.807) is 4.57 Å². The van der Waals surface area contributed by atoms with E-state index in [1.807, 2.05) is 72.8 Å². The molecule has 0 bridgehead atoms. The number of aromatic nitrogens is 2. The fourth-order valence-electron chi connectivity index (χ4n) is 4.08. The normalized spacial score (nSPS) is 17.9. The van der Waals surface area contributed by atoms with Gasteiger partial charge in [0.2, 0.25) is 0 Å². The first-order valence-electron chi connectivity index (χ1n) is 10.2. The van der Waals surface area contributed by atoms with E-state index in [0.717, 1.165) is 23.3 Å². The van der Waals surface area contributed by atoms with Crippen LogP contribution >= 0.6 is 0 Å². The molecule has 0 amide bonds. The van der Waals surface area contributed by atoms with Crippen molar-refractivity contribution in [2.45, 2.75) is 25.2 Å². The molecule has 2 heterocycles. The molecular weight excluding hydrogens is 374 g/mol. The number of ether oxygens (including phenoxy) is 1. The van der Waals surface area contributed by atoms with Crippen molar-refractivity contribution >= 4 is 10.9 Å². The number of rotatable bonds is 6. The molecule has 1 aliphatic heterocycles. The second-order valence-electron chi connectivity index (χ2n) is 7.59. The van der Waals surface area contributed by atoms with Gasteiger partial charge in [-0.3, -0.25) is 14.7 Å². The summed E-state index contributed by atoms with van der Waals surface area (Å²) in [5.74, 6) is 0.774. The number of hydrogen-bond donors (Lipinski definition) is 1. The summed E-state index contributed by atoms with van der Waals surface area (Å²) in [6.45, 7) is 0.903. The fourth-order valence-corrected chi connectivity index (χ4v) is 4.08. The first kappa shape index (κ1) is 18.7. The van der Waals surface area contributed by atoms with Crippen molar-refractivity contribution in [1.29, 1.82) is 0 Å². The monoisotopic (exact) mass is 397 g/mol. The minimum Gasteiger partial charge on any atom is -0.373 e. The van der Waals surface area contributed by atoms with Crippen LogP contribution in [0.3, 0.4) is 0 Å². The Kier molecular flexibility index (Phi) is 5.13. The number of nitrogens with zero attached hydrogens (tertiary/aromatic N) is 2. The van der Waals surface area contributed by atoms with Gasteiger partial charge < -0.3 is 4.74 Å². The van der Waals surface area contributed by atoms with E-state index in [0.29, 0.717) is 18.6 Å². The van der Waals surface area contributed by atoms with Gasteiger partial charge in [-0.05, 0) is 29.7 Å². The topological polar surface area (TPSA) is 56.2 Å². The summed E-state index contributed by atoms with van der Waals surface area (Å²) in [6.07, 6.45) is 0.517. The highest BCUT2D eigenvalue weighted by molar-refractivity contribution is 5.77. The van der Waals surface area contributed by atoms with E-state index in [2.05, 4.69) is 17.4 Å². The molecule has 3 aromatic carbocycles. The van der Waals surface area contributed by atoms with Crippen LogP contribution in [-0.2, 0) is 17.8 Å². The van der Waals surface area contributed by atoms with E-state index in [4.69, 9.17) is 9.72 Å². The average molecular weight is 397 g/mol. The van der Waals surface area contributed by atoms with Gasteiger partial charge in [0.05, 0.1) is 30.2 Å². The molecule has 4 aromatic rings. The van der Waals surface area contributed by atoms with Crippen molar-refractivity contribution in [3.05, 3.63) is 112 Å². The molecule has 5 nitrogen and oxygen atoms in total. The van der Waals surface area contributed by atoms with Crippen LogP contribution in [0, 0.1) is 0 Å². The molecule has 2 atom stereocenters. The largest absolute Gasteiger partial charge is 0.373 e. The molecule has 1 aromatic heterocycles. The smallest absolute Gasteiger partial charge is 0.262 e. The van der Waals surface area contributed by atoms with Gasteiger partial charge in [-0.25, -0.2) is 4.98 Å². The molecule has 5 heteroatoms. The van der Waals surface area contributed by atoms with Crippen molar-refractivity contribution in [1.82, 2.24) is 14.9 Å². The maximum absolute atomic E-state index is 13.3. The molecular formula is C25H23N3O2. The molecule has 0 spiro atoms. The molecule has 150 valence electrons. The van der Waals surface area contributed by atoms with Crippen molar-refractivity contribution in [3.8, 4) is 0 Å². The first-order chi connectivity index (χ1) is 14.8. The molecule has 5 rings (SSSR count). The van der Waals surface area contributed by atoms with Gasteiger partial charge in [0.15, 0.2) is 0 Å². The average Bonchev–Trinajstić information content (AvgIpc) is 3.13. The van der Waals surface area contributed by atoms with E-state index < -0.39 is 0 Å². The Balaban J connectivity index is 1.46. The maximum Gasteiger partial charge on any atom is 0.262 e. The number of nitrogens with one attached hydrogen (secondary N) is 1. The molecule has 0 aliphatic carbocycles. The minimum absolute atomic E-state index is 0.0213.